The number of carboxylic acids is 1. The molecule has 0 spiro atoms. The Morgan fingerprint density at radius 1 is 1.50 bits per heavy atom. The predicted octanol–water partition coefficient (Wildman–Crippen LogP) is -2.88. The van der Waals surface area contributed by atoms with Gasteiger partial charge in [-0.05, 0) is 6.92 Å². The molecule has 0 aromatic carbocycles. The molecule has 9 nitrogen and oxygen atoms in total. The monoisotopic (exact) mass is 292 g/mol. The smallest absolute Gasteiger partial charge is 0.364 e. The number of nitrogens with two attached hydrogens (primary N) is 1. The number of hydrogen-bond donors (Lipinski definition) is 6. The van der Waals surface area contributed by atoms with Crippen molar-refractivity contribution in [3.8, 4) is 0 Å². The Bertz CT molecular complexity index is 389. The summed E-state index contributed by atoms with van der Waals surface area (Å²) in [6.45, 7) is 2.55. The molecule has 116 valence electrons. The van der Waals surface area contributed by atoms with Crippen molar-refractivity contribution in [1.82, 2.24) is 5.32 Å². The van der Waals surface area contributed by atoms with E-state index in [0.717, 1.165) is 0 Å². The minimum Gasteiger partial charge on any atom is -0.477 e. The summed E-state index contributed by atoms with van der Waals surface area (Å²) in [5.74, 6) is -4.78. The van der Waals surface area contributed by atoms with Crippen molar-refractivity contribution in [1.29, 1.82) is 0 Å². The second-order valence-corrected chi connectivity index (χ2v) is 4.99. The third-order valence-electron chi connectivity index (χ3n) is 3.23. The molecule has 0 unspecified atom stereocenters. The average molecular weight is 292 g/mol. The lowest BCUT2D eigenvalue weighted by Crippen LogP contribution is -2.68. The van der Waals surface area contributed by atoms with Crippen molar-refractivity contribution in [2.45, 2.75) is 56.5 Å². The van der Waals surface area contributed by atoms with E-state index >= 15 is 0 Å². The average Bonchev–Trinajstić information content (AvgIpc) is 2.30. The fraction of sp³-hybridized carbons (Fsp3) is 0.818. The van der Waals surface area contributed by atoms with Crippen LogP contribution in [0.15, 0.2) is 0 Å². The fourth-order valence-electron chi connectivity index (χ4n) is 2.12. The van der Waals surface area contributed by atoms with Gasteiger partial charge in [-0.25, -0.2) is 4.79 Å². The largest absolute Gasteiger partial charge is 0.477 e. The maximum absolute atomic E-state index is 11.1. The van der Waals surface area contributed by atoms with Crippen LogP contribution in [0.1, 0.15) is 20.3 Å². The van der Waals surface area contributed by atoms with E-state index in [1.54, 1.807) is 0 Å². The number of carboxylic acid groups (broad SMARTS) is 1. The molecule has 20 heavy (non-hydrogen) atoms. The summed E-state index contributed by atoms with van der Waals surface area (Å²) in [4.78, 5) is 22.1. The Kier molecular flexibility index (Phi) is 5.05. The number of carbonyl (C=O) groups excluding carboxylic acids is 1. The Morgan fingerprint density at radius 3 is 2.45 bits per heavy atom. The van der Waals surface area contributed by atoms with Crippen LogP contribution >= 0.6 is 0 Å². The number of carbonyl (C=O) groups is 2. The van der Waals surface area contributed by atoms with E-state index in [4.69, 9.17) is 15.6 Å². The summed E-state index contributed by atoms with van der Waals surface area (Å²) >= 11 is 0. The van der Waals surface area contributed by atoms with Crippen LogP contribution in [0.4, 0.5) is 0 Å². The van der Waals surface area contributed by atoms with Gasteiger partial charge in [0.15, 0.2) is 0 Å². The van der Waals surface area contributed by atoms with Gasteiger partial charge in [0.2, 0.25) is 5.91 Å². The van der Waals surface area contributed by atoms with Gasteiger partial charge in [0, 0.05) is 13.3 Å². The molecule has 0 bridgehead atoms. The van der Waals surface area contributed by atoms with Crippen LogP contribution in [0.5, 0.6) is 0 Å². The summed E-state index contributed by atoms with van der Waals surface area (Å²) in [7, 11) is 0. The minimum absolute atomic E-state index is 0.485. The molecule has 1 saturated heterocycles. The summed E-state index contributed by atoms with van der Waals surface area (Å²) in [6, 6.07) is -2.13. The quantitative estimate of drug-likeness (QED) is 0.322. The van der Waals surface area contributed by atoms with Crippen LogP contribution in [0.25, 0.3) is 0 Å². The first kappa shape index (κ1) is 16.8. The molecule has 0 aliphatic carbocycles. The number of aliphatic hydroxyl groups is 3. The fourth-order valence-corrected chi connectivity index (χ4v) is 2.12. The molecule has 1 rings (SSSR count). The van der Waals surface area contributed by atoms with Gasteiger partial charge in [-0.2, -0.15) is 0 Å². The lowest BCUT2D eigenvalue weighted by atomic mass is 9.88. The maximum Gasteiger partial charge on any atom is 0.364 e. The molecule has 0 saturated carbocycles. The highest BCUT2D eigenvalue weighted by Gasteiger charge is 2.53. The molecule has 7 N–H and O–H groups in total. The summed E-state index contributed by atoms with van der Waals surface area (Å²) in [6.07, 6.45) is -4.37. The summed E-state index contributed by atoms with van der Waals surface area (Å²) in [5, 5.41) is 40.6. The zero-order valence-corrected chi connectivity index (χ0v) is 11.2. The van der Waals surface area contributed by atoms with Gasteiger partial charge in [0.05, 0.1) is 24.3 Å². The molecule has 1 amide bonds. The Balaban J connectivity index is 3.06. The van der Waals surface area contributed by atoms with Gasteiger partial charge in [-0.1, -0.05) is 0 Å². The number of hydrogen-bond acceptors (Lipinski definition) is 7. The van der Waals surface area contributed by atoms with Crippen LogP contribution in [0.2, 0.25) is 0 Å². The zero-order valence-electron chi connectivity index (χ0n) is 11.2. The van der Waals surface area contributed by atoms with Crippen LogP contribution in [-0.2, 0) is 14.3 Å². The Morgan fingerprint density at radius 2 is 2.05 bits per heavy atom. The predicted molar refractivity (Wildman–Crippen MR) is 65.3 cm³/mol. The molecule has 1 fully saturated rings. The van der Waals surface area contributed by atoms with Crippen molar-refractivity contribution in [3.63, 3.8) is 0 Å². The van der Waals surface area contributed by atoms with E-state index in [1.165, 1.54) is 13.8 Å². The maximum atomic E-state index is 11.1. The number of amides is 1. The summed E-state index contributed by atoms with van der Waals surface area (Å²) in [5.41, 5.74) is 5.70. The van der Waals surface area contributed by atoms with Crippen molar-refractivity contribution < 1.29 is 34.8 Å². The van der Waals surface area contributed by atoms with E-state index in [1.807, 2.05) is 0 Å². The first-order valence-electron chi connectivity index (χ1n) is 6.11. The zero-order chi connectivity index (χ0) is 15.7. The van der Waals surface area contributed by atoms with Gasteiger partial charge in [-0.15, -0.1) is 0 Å². The number of rotatable bonds is 4. The van der Waals surface area contributed by atoms with E-state index in [-0.39, 0.29) is 0 Å². The van der Waals surface area contributed by atoms with Crippen LogP contribution in [0.3, 0.4) is 0 Å². The highest BCUT2D eigenvalue weighted by atomic mass is 16.7. The molecule has 1 aliphatic rings. The second kappa shape index (κ2) is 6.02. The van der Waals surface area contributed by atoms with Crippen molar-refractivity contribution in [2.24, 2.45) is 5.73 Å². The van der Waals surface area contributed by atoms with Gasteiger partial charge < -0.3 is 36.2 Å². The number of nitrogens with one attached hydrogen (secondary N) is 1. The topological polar surface area (TPSA) is 162 Å². The first-order valence-corrected chi connectivity index (χ1v) is 6.11. The third-order valence-corrected chi connectivity index (χ3v) is 3.23. The van der Waals surface area contributed by atoms with Gasteiger partial charge in [-0.3, -0.25) is 4.79 Å². The second-order valence-electron chi connectivity index (χ2n) is 4.99. The number of aliphatic hydroxyl groups excluding tert-OH is 2. The van der Waals surface area contributed by atoms with Gasteiger partial charge >= 0.3 is 5.97 Å². The number of aliphatic carboxylic acids is 1. The molecule has 9 heteroatoms. The lowest BCUT2D eigenvalue weighted by Gasteiger charge is -2.44. The van der Waals surface area contributed by atoms with Gasteiger partial charge in [0.1, 0.15) is 6.10 Å². The molecule has 0 aromatic heterocycles. The molecule has 0 radical (unpaired) electrons. The standard InChI is InChI=1S/C11H20N2O7/c1-4(14)7(12)9-8(13-5(2)15)6(16)3-11(19,20-9)10(17)18/h4,6-9,14,16,19H,3,12H2,1-2H3,(H,13,15)(H,17,18)/t4-,6-,7-,8-,9-,11-/m0/s1. The summed E-state index contributed by atoms with van der Waals surface area (Å²) < 4.78 is 5.04. The van der Waals surface area contributed by atoms with E-state index in [9.17, 15) is 24.9 Å². The van der Waals surface area contributed by atoms with E-state index in [2.05, 4.69) is 5.32 Å². The van der Waals surface area contributed by atoms with E-state index in [0.29, 0.717) is 0 Å². The number of ether oxygens (including phenoxy) is 1. The molecule has 6 atom stereocenters. The van der Waals surface area contributed by atoms with Crippen LogP contribution in [0, 0.1) is 0 Å². The highest BCUT2D eigenvalue weighted by Crippen LogP contribution is 2.29. The molecule has 1 heterocycles. The Hall–Kier alpha value is -1.26. The molecule has 0 aromatic rings. The first-order chi connectivity index (χ1) is 9.08. The van der Waals surface area contributed by atoms with Crippen LogP contribution < -0.4 is 11.1 Å². The Labute approximate surface area is 115 Å². The molecular weight excluding hydrogens is 272 g/mol. The molecule has 1 aliphatic heterocycles. The van der Waals surface area contributed by atoms with Gasteiger partial charge in [0.25, 0.3) is 5.79 Å². The third kappa shape index (κ3) is 3.44. The minimum atomic E-state index is -2.62. The van der Waals surface area contributed by atoms with E-state index < -0.39 is 54.5 Å². The normalized spacial score (nSPS) is 37.0. The van der Waals surface area contributed by atoms with Crippen molar-refractivity contribution in [3.05, 3.63) is 0 Å². The molecular formula is C11H20N2O7. The lowest BCUT2D eigenvalue weighted by molar-refractivity contribution is -0.281. The van der Waals surface area contributed by atoms with Crippen LogP contribution in [-0.4, -0.2) is 68.5 Å². The van der Waals surface area contributed by atoms with Crippen molar-refractivity contribution in [2.75, 3.05) is 0 Å². The van der Waals surface area contributed by atoms with Crippen molar-refractivity contribution >= 4 is 11.9 Å². The highest BCUT2D eigenvalue weighted by molar-refractivity contribution is 5.76. The SMILES string of the molecule is CC(=O)N[C@@H]1[C@H]([C@@H](N)[C@H](C)O)O[C@](O)(C(=O)O)C[C@@H]1O.